The number of nitrogens with one attached hydrogen (secondary N) is 1. The summed E-state index contributed by atoms with van der Waals surface area (Å²) in [6, 6.07) is 6.30. The van der Waals surface area contributed by atoms with Crippen LogP contribution in [-0.2, 0) is 4.79 Å². The number of nitrogens with zero attached hydrogens (tertiary/aromatic N) is 4. The molecule has 1 saturated heterocycles. The van der Waals surface area contributed by atoms with Gasteiger partial charge in [0.15, 0.2) is 10.8 Å². The number of thiazole rings is 1. The van der Waals surface area contributed by atoms with Gasteiger partial charge in [0.2, 0.25) is 5.91 Å². The molecule has 2 aromatic heterocycles. The van der Waals surface area contributed by atoms with Crippen molar-refractivity contribution in [3.8, 4) is 5.69 Å². The maximum Gasteiger partial charge on any atom is 0.224 e. The summed E-state index contributed by atoms with van der Waals surface area (Å²) in [7, 11) is 0. The molecule has 1 aliphatic carbocycles. The van der Waals surface area contributed by atoms with Gasteiger partial charge in [0.1, 0.15) is 5.82 Å². The molecule has 2 aliphatic rings. The molecule has 3 heterocycles. The second-order valence-corrected chi connectivity index (χ2v) is 10.0. The first kappa shape index (κ1) is 22.1. The summed E-state index contributed by atoms with van der Waals surface area (Å²) in [6.45, 7) is 4.29. The van der Waals surface area contributed by atoms with Crippen LogP contribution in [0.2, 0.25) is 0 Å². The molecule has 0 bridgehead atoms. The van der Waals surface area contributed by atoms with E-state index in [4.69, 9.17) is 4.98 Å². The van der Waals surface area contributed by atoms with E-state index in [2.05, 4.69) is 21.4 Å². The van der Waals surface area contributed by atoms with Crippen LogP contribution in [0.3, 0.4) is 0 Å². The highest BCUT2D eigenvalue weighted by Crippen LogP contribution is 2.34. The van der Waals surface area contributed by atoms with Gasteiger partial charge in [0.05, 0.1) is 22.0 Å². The molecule has 8 heteroatoms. The highest BCUT2D eigenvalue weighted by Gasteiger charge is 2.28. The Labute approximate surface area is 197 Å². The number of amides is 1. The van der Waals surface area contributed by atoms with E-state index in [0.29, 0.717) is 6.54 Å². The number of allylic oxidation sites excluding steroid dienone is 1. The summed E-state index contributed by atoms with van der Waals surface area (Å²) in [5.41, 5.74) is 3.97. The number of aryl methyl sites for hydroxylation is 1. The molecule has 1 atom stereocenters. The number of hydrogen-bond acceptors (Lipinski definition) is 5. The first-order valence-corrected chi connectivity index (χ1v) is 12.7. The summed E-state index contributed by atoms with van der Waals surface area (Å²) < 4.78 is 16.2. The number of anilines is 1. The summed E-state index contributed by atoms with van der Waals surface area (Å²) >= 11 is 1.62. The van der Waals surface area contributed by atoms with Gasteiger partial charge < -0.3 is 10.2 Å². The second kappa shape index (κ2) is 9.63. The Morgan fingerprint density at radius 1 is 1.24 bits per heavy atom. The maximum atomic E-state index is 13.4. The molecule has 0 saturated carbocycles. The van der Waals surface area contributed by atoms with Gasteiger partial charge in [-0.1, -0.05) is 23.0 Å². The van der Waals surface area contributed by atoms with Crippen LogP contribution in [0.1, 0.15) is 50.6 Å². The minimum Gasteiger partial charge on any atom is -0.355 e. The van der Waals surface area contributed by atoms with E-state index in [1.807, 2.05) is 6.92 Å². The molecule has 1 aromatic carbocycles. The van der Waals surface area contributed by atoms with Crippen LogP contribution in [0.4, 0.5) is 9.52 Å². The number of piperidine rings is 1. The Morgan fingerprint density at radius 3 is 2.88 bits per heavy atom. The van der Waals surface area contributed by atoms with Crippen molar-refractivity contribution in [1.29, 1.82) is 0 Å². The minimum atomic E-state index is -0.272. The van der Waals surface area contributed by atoms with Crippen molar-refractivity contribution in [3.63, 3.8) is 0 Å². The summed E-state index contributed by atoms with van der Waals surface area (Å²) in [5.74, 6) is -0.127. The van der Waals surface area contributed by atoms with E-state index in [-0.39, 0.29) is 17.6 Å². The van der Waals surface area contributed by atoms with Gasteiger partial charge >= 0.3 is 0 Å². The lowest BCUT2D eigenvalue weighted by Gasteiger charge is -2.31. The van der Waals surface area contributed by atoms with Crippen LogP contribution in [0.15, 0.2) is 35.9 Å². The average molecular weight is 468 g/mol. The van der Waals surface area contributed by atoms with Crippen LogP contribution < -0.4 is 10.2 Å². The largest absolute Gasteiger partial charge is 0.355 e. The fourth-order valence-electron chi connectivity index (χ4n) is 4.81. The predicted octanol–water partition coefficient (Wildman–Crippen LogP) is 5.15. The molecule has 1 aliphatic heterocycles. The predicted molar refractivity (Wildman–Crippen MR) is 131 cm³/mol. The number of benzene rings is 1. The molecule has 6 nitrogen and oxygen atoms in total. The number of fused-ring (bicyclic) bond motifs is 1. The minimum absolute atomic E-state index is 0.0132. The molecular formula is C25H30FN5OS. The molecule has 33 heavy (non-hydrogen) atoms. The van der Waals surface area contributed by atoms with E-state index >= 15 is 0 Å². The molecule has 0 spiro atoms. The Balaban J connectivity index is 1.26. The zero-order valence-corrected chi connectivity index (χ0v) is 19.8. The van der Waals surface area contributed by atoms with Crippen LogP contribution in [0.25, 0.3) is 16.0 Å². The third-order valence-electron chi connectivity index (χ3n) is 6.64. The van der Waals surface area contributed by atoms with Crippen molar-refractivity contribution in [1.82, 2.24) is 20.1 Å². The number of carbonyl (C=O) groups is 1. The third kappa shape index (κ3) is 4.81. The first-order chi connectivity index (χ1) is 16.1. The van der Waals surface area contributed by atoms with Crippen molar-refractivity contribution < 1.29 is 9.18 Å². The lowest BCUT2D eigenvalue weighted by Crippen LogP contribution is -2.43. The van der Waals surface area contributed by atoms with Crippen LogP contribution >= 0.6 is 11.3 Å². The van der Waals surface area contributed by atoms with E-state index in [1.54, 1.807) is 28.2 Å². The van der Waals surface area contributed by atoms with Gasteiger partial charge in [-0.05, 0) is 76.1 Å². The highest BCUT2D eigenvalue weighted by molar-refractivity contribution is 7.22. The SMILES string of the molecule is Cc1nn(-c2ccc(F)cc2)c2nc(N3CCC[C@@H](C(=O)NCCC4=CCCCC4)C3)sc12. The zero-order valence-electron chi connectivity index (χ0n) is 19.0. The van der Waals surface area contributed by atoms with Gasteiger partial charge in [-0.25, -0.2) is 9.07 Å². The van der Waals surface area contributed by atoms with E-state index in [0.717, 1.165) is 59.2 Å². The number of halogens is 1. The van der Waals surface area contributed by atoms with Crippen molar-refractivity contribution >= 4 is 32.7 Å². The second-order valence-electron chi connectivity index (χ2n) is 9.06. The zero-order chi connectivity index (χ0) is 22.8. The summed E-state index contributed by atoms with van der Waals surface area (Å²) in [4.78, 5) is 20.0. The quantitative estimate of drug-likeness (QED) is 0.509. The van der Waals surface area contributed by atoms with Gasteiger partial charge in [-0.15, -0.1) is 0 Å². The van der Waals surface area contributed by atoms with Gasteiger partial charge in [-0.2, -0.15) is 10.1 Å². The van der Waals surface area contributed by atoms with Gasteiger partial charge in [0.25, 0.3) is 0 Å². The number of hydrogen-bond donors (Lipinski definition) is 1. The van der Waals surface area contributed by atoms with E-state index in [9.17, 15) is 9.18 Å². The number of rotatable bonds is 6. The fourth-order valence-corrected chi connectivity index (χ4v) is 5.83. The standard InChI is InChI=1S/C25H30FN5OS/c1-17-22-23(31(29-17)21-11-9-20(26)10-12-21)28-25(33-22)30-15-5-8-19(16-30)24(32)27-14-13-18-6-3-2-4-7-18/h6,9-12,19H,2-5,7-8,13-16H2,1H3,(H,27,32)/t19-/m1/s1. The summed E-state index contributed by atoms with van der Waals surface area (Å²) in [6.07, 6.45) is 10.1. The monoisotopic (exact) mass is 467 g/mol. The van der Waals surface area contributed by atoms with Crippen molar-refractivity contribution in [2.75, 3.05) is 24.5 Å². The van der Waals surface area contributed by atoms with Crippen molar-refractivity contribution in [2.24, 2.45) is 5.92 Å². The molecule has 3 aromatic rings. The van der Waals surface area contributed by atoms with Crippen LogP contribution in [0.5, 0.6) is 0 Å². The Morgan fingerprint density at radius 2 is 2.09 bits per heavy atom. The highest BCUT2D eigenvalue weighted by atomic mass is 32.1. The maximum absolute atomic E-state index is 13.4. The summed E-state index contributed by atoms with van der Waals surface area (Å²) in [5, 5.41) is 8.70. The van der Waals surface area contributed by atoms with Gasteiger partial charge in [-0.3, -0.25) is 4.79 Å². The van der Waals surface area contributed by atoms with Crippen LogP contribution in [-0.4, -0.2) is 40.3 Å². The Hall–Kier alpha value is -2.74. The lowest BCUT2D eigenvalue weighted by atomic mass is 9.96. The number of carbonyl (C=O) groups excluding carboxylic acids is 1. The van der Waals surface area contributed by atoms with Crippen molar-refractivity contribution in [2.45, 2.75) is 51.9 Å². The first-order valence-electron chi connectivity index (χ1n) is 11.9. The normalized spacial score (nSPS) is 19.0. The molecule has 0 radical (unpaired) electrons. The molecular weight excluding hydrogens is 437 g/mol. The van der Waals surface area contributed by atoms with E-state index in [1.165, 1.54) is 43.4 Å². The topological polar surface area (TPSA) is 63.1 Å². The third-order valence-corrected chi connectivity index (χ3v) is 7.86. The molecule has 5 rings (SSSR count). The van der Waals surface area contributed by atoms with E-state index < -0.39 is 0 Å². The molecule has 1 amide bonds. The Bertz CT molecular complexity index is 1170. The lowest BCUT2D eigenvalue weighted by molar-refractivity contribution is -0.125. The molecule has 1 fully saturated rings. The molecule has 0 unspecified atom stereocenters. The number of aromatic nitrogens is 3. The van der Waals surface area contributed by atoms with Gasteiger partial charge in [0, 0.05) is 19.6 Å². The fraction of sp³-hybridized carbons (Fsp3) is 0.480. The Kier molecular flexibility index (Phi) is 6.44. The van der Waals surface area contributed by atoms with Crippen LogP contribution in [0, 0.1) is 18.7 Å². The molecule has 174 valence electrons. The smallest absolute Gasteiger partial charge is 0.224 e. The van der Waals surface area contributed by atoms with Crippen molar-refractivity contribution in [3.05, 3.63) is 47.4 Å². The average Bonchev–Trinajstić information content (AvgIpc) is 3.41. The molecule has 1 N–H and O–H groups in total.